The van der Waals surface area contributed by atoms with E-state index < -0.39 is 15.1 Å². The van der Waals surface area contributed by atoms with Gasteiger partial charge in [0.2, 0.25) is 5.91 Å². The normalized spacial score (nSPS) is 22.9. The van der Waals surface area contributed by atoms with Gasteiger partial charge in [-0.1, -0.05) is 30.0 Å². The topological polar surface area (TPSA) is 89.3 Å². The largest absolute Gasteiger partial charge is 0.341 e. The lowest BCUT2D eigenvalue weighted by atomic mass is 10.2. The van der Waals surface area contributed by atoms with Crippen LogP contribution in [0.5, 0.6) is 0 Å². The molecule has 1 aromatic heterocycles. The molecule has 0 N–H and O–H groups in total. The van der Waals surface area contributed by atoms with Crippen LogP contribution in [-0.2, 0) is 27.5 Å². The summed E-state index contributed by atoms with van der Waals surface area (Å²) in [7, 11) is -3.46. The predicted octanol–water partition coefficient (Wildman–Crippen LogP) is 1.84. The minimum Gasteiger partial charge on any atom is -0.341 e. The van der Waals surface area contributed by atoms with Gasteiger partial charge in [-0.2, -0.15) is 0 Å². The third-order valence-electron chi connectivity index (χ3n) is 6.29. The molecule has 2 aliphatic heterocycles. The van der Waals surface area contributed by atoms with Crippen molar-refractivity contribution in [2.24, 2.45) is 0 Å². The molecule has 1 amide bonds. The SMILES string of the molecule is O=C(CC1CSc2nc3c(c(=O)n21)CCC3)N1CCC(S(=O)(=O)c2ccccc2)C1. The fourth-order valence-corrected chi connectivity index (χ4v) is 7.51. The van der Waals surface area contributed by atoms with Gasteiger partial charge in [-0.3, -0.25) is 14.2 Å². The smallest absolute Gasteiger partial charge is 0.257 e. The van der Waals surface area contributed by atoms with E-state index in [-0.39, 0.29) is 30.5 Å². The number of hydrogen-bond acceptors (Lipinski definition) is 6. The molecule has 0 spiro atoms. The molecule has 2 atom stereocenters. The summed E-state index contributed by atoms with van der Waals surface area (Å²) in [4.78, 5) is 32.5. The molecule has 158 valence electrons. The highest BCUT2D eigenvalue weighted by molar-refractivity contribution is 7.99. The summed E-state index contributed by atoms with van der Waals surface area (Å²) in [5.41, 5.74) is 1.72. The standard InChI is InChI=1S/C21H23N3O4S2/c25-19(23-10-9-16(12-23)30(27,28)15-5-2-1-3-6-15)11-14-13-29-21-22-18-8-4-7-17(18)20(26)24(14)21/h1-3,5-6,14,16H,4,7-13H2. The maximum Gasteiger partial charge on any atom is 0.257 e. The number of aryl methyl sites for hydroxylation is 1. The Morgan fingerprint density at radius 3 is 2.80 bits per heavy atom. The fraction of sp³-hybridized carbons (Fsp3) is 0.476. The number of thioether (sulfide) groups is 1. The minimum absolute atomic E-state index is 0.00116. The first-order chi connectivity index (χ1) is 14.4. The number of sulfone groups is 1. The van der Waals surface area contributed by atoms with Crippen LogP contribution in [0.15, 0.2) is 45.2 Å². The third-order valence-corrected chi connectivity index (χ3v) is 9.58. The summed E-state index contributed by atoms with van der Waals surface area (Å²) < 4.78 is 27.4. The number of carbonyl (C=O) groups is 1. The third kappa shape index (κ3) is 3.28. The van der Waals surface area contributed by atoms with Crippen LogP contribution in [0.2, 0.25) is 0 Å². The zero-order valence-electron chi connectivity index (χ0n) is 16.5. The Kier molecular flexibility index (Phi) is 4.97. The Balaban J connectivity index is 1.30. The molecular formula is C21H23N3O4S2. The van der Waals surface area contributed by atoms with Crippen molar-refractivity contribution in [3.8, 4) is 0 Å². The summed E-state index contributed by atoms with van der Waals surface area (Å²) in [6.07, 6.45) is 3.22. The van der Waals surface area contributed by atoms with E-state index in [0.717, 1.165) is 30.5 Å². The zero-order chi connectivity index (χ0) is 20.9. The maximum absolute atomic E-state index is 13.0. The van der Waals surface area contributed by atoms with Crippen LogP contribution in [0.1, 0.15) is 36.6 Å². The summed E-state index contributed by atoms with van der Waals surface area (Å²) in [5, 5.41) is 0.131. The number of fused-ring (bicyclic) bond motifs is 2. The van der Waals surface area contributed by atoms with E-state index in [1.807, 2.05) is 0 Å². The Bertz CT molecular complexity index is 1160. The van der Waals surface area contributed by atoms with Crippen LogP contribution in [0.25, 0.3) is 0 Å². The van der Waals surface area contributed by atoms with Crippen molar-refractivity contribution in [2.45, 2.75) is 53.4 Å². The highest BCUT2D eigenvalue weighted by Crippen LogP contribution is 2.35. The Morgan fingerprint density at radius 1 is 1.20 bits per heavy atom. The van der Waals surface area contributed by atoms with Gasteiger partial charge in [-0.25, -0.2) is 13.4 Å². The lowest BCUT2D eigenvalue weighted by Crippen LogP contribution is -2.35. The second kappa shape index (κ2) is 7.53. The number of amides is 1. The van der Waals surface area contributed by atoms with Crippen molar-refractivity contribution >= 4 is 27.5 Å². The number of likely N-dealkylation sites (tertiary alicyclic amines) is 1. The van der Waals surface area contributed by atoms with Crippen LogP contribution in [0, 0.1) is 0 Å². The van der Waals surface area contributed by atoms with Crippen molar-refractivity contribution in [3.63, 3.8) is 0 Å². The van der Waals surface area contributed by atoms with Gasteiger partial charge in [0.05, 0.1) is 21.9 Å². The molecule has 1 aromatic carbocycles. The zero-order valence-corrected chi connectivity index (χ0v) is 18.1. The van der Waals surface area contributed by atoms with E-state index in [0.29, 0.717) is 28.8 Å². The molecule has 0 bridgehead atoms. The van der Waals surface area contributed by atoms with E-state index in [1.165, 1.54) is 11.8 Å². The molecule has 9 heteroatoms. The molecule has 2 aromatic rings. The molecule has 0 radical (unpaired) electrons. The van der Waals surface area contributed by atoms with Crippen LogP contribution in [0.3, 0.4) is 0 Å². The lowest BCUT2D eigenvalue weighted by Gasteiger charge is -2.20. The van der Waals surface area contributed by atoms with Crippen LogP contribution in [0.4, 0.5) is 0 Å². The van der Waals surface area contributed by atoms with E-state index in [4.69, 9.17) is 0 Å². The van der Waals surface area contributed by atoms with Crippen molar-refractivity contribution in [1.82, 2.24) is 14.5 Å². The van der Waals surface area contributed by atoms with E-state index in [9.17, 15) is 18.0 Å². The molecule has 0 saturated carbocycles. The molecule has 1 aliphatic carbocycles. The summed E-state index contributed by atoms with van der Waals surface area (Å²) in [6, 6.07) is 8.19. The monoisotopic (exact) mass is 445 g/mol. The van der Waals surface area contributed by atoms with Gasteiger partial charge < -0.3 is 4.90 Å². The molecule has 5 rings (SSSR count). The lowest BCUT2D eigenvalue weighted by molar-refractivity contribution is -0.130. The number of hydrogen-bond donors (Lipinski definition) is 0. The van der Waals surface area contributed by atoms with Crippen molar-refractivity contribution < 1.29 is 13.2 Å². The molecular weight excluding hydrogens is 422 g/mol. The van der Waals surface area contributed by atoms with Gasteiger partial charge in [0.25, 0.3) is 5.56 Å². The Hall–Kier alpha value is -2.13. The first-order valence-corrected chi connectivity index (χ1v) is 12.8. The summed E-state index contributed by atoms with van der Waals surface area (Å²) >= 11 is 1.53. The number of nitrogens with zero attached hydrogens (tertiary/aromatic N) is 3. The first kappa shape index (κ1) is 19.8. The first-order valence-electron chi connectivity index (χ1n) is 10.3. The summed E-state index contributed by atoms with van der Waals surface area (Å²) in [6.45, 7) is 0.639. The molecule has 7 nitrogen and oxygen atoms in total. The number of carbonyl (C=O) groups excluding carboxylic acids is 1. The second-order valence-electron chi connectivity index (χ2n) is 8.13. The summed E-state index contributed by atoms with van der Waals surface area (Å²) in [5.74, 6) is 0.558. The van der Waals surface area contributed by atoms with Crippen LogP contribution < -0.4 is 5.56 Å². The highest BCUT2D eigenvalue weighted by Gasteiger charge is 2.38. The maximum atomic E-state index is 13.0. The second-order valence-corrected chi connectivity index (χ2v) is 11.3. The van der Waals surface area contributed by atoms with Gasteiger partial charge >= 0.3 is 0 Å². The van der Waals surface area contributed by atoms with E-state index in [1.54, 1.807) is 39.8 Å². The van der Waals surface area contributed by atoms with Crippen LogP contribution in [-0.4, -0.2) is 52.9 Å². The van der Waals surface area contributed by atoms with Gasteiger partial charge in [0.15, 0.2) is 15.0 Å². The van der Waals surface area contributed by atoms with Gasteiger partial charge in [0, 0.05) is 30.8 Å². The highest BCUT2D eigenvalue weighted by atomic mass is 32.2. The minimum atomic E-state index is -3.46. The van der Waals surface area contributed by atoms with Gasteiger partial charge in [0.1, 0.15) is 0 Å². The molecule has 3 aliphatic rings. The molecule has 1 fully saturated rings. The number of rotatable bonds is 4. The van der Waals surface area contributed by atoms with E-state index in [2.05, 4.69) is 4.98 Å². The quantitative estimate of drug-likeness (QED) is 0.668. The number of benzene rings is 1. The van der Waals surface area contributed by atoms with Crippen molar-refractivity contribution in [3.05, 3.63) is 51.9 Å². The molecule has 3 heterocycles. The molecule has 2 unspecified atom stereocenters. The number of aromatic nitrogens is 2. The van der Waals surface area contributed by atoms with Crippen molar-refractivity contribution in [1.29, 1.82) is 0 Å². The fourth-order valence-electron chi connectivity index (χ4n) is 4.64. The predicted molar refractivity (Wildman–Crippen MR) is 114 cm³/mol. The Morgan fingerprint density at radius 2 is 2.00 bits per heavy atom. The average Bonchev–Trinajstić information content (AvgIpc) is 3.49. The average molecular weight is 446 g/mol. The van der Waals surface area contributed by atoms with Crippen molar-refractivity contribution in [2.75, 3.05) is 18.8 Å². The Labute approximate surface area is 179 Å². The van der Waals surface area contributed by atoms with Crippen LogP contribution >= 0.6 is 11.8 Å². The van der Waals surface area contributed by atoms with E-state index >= 15 is 0 Å². The molecule has 30 heavy (non-hydrogen) atoms. The van der Waals surface area contributed by atoms with Gasteiger partial charge in [-0.15, -0.1) is 0 Å². The van der Waals surface area contributed by atoms with Gasteiger partial charge in [-0.05, 0) is 37.8 Å². The molecule has 1 saturated heterocycles.